The van der Waals surface area contributed by atoms with Crippen molar-refractivity contribution in [3.8, 4) is 0 Å². The van der Waals surface area contributed by atoms with E-state index in [0.29, 0.717) is 6.23 Å². The minimum absolute atomic E-state index is 0.366. The summed E-state index contributed by atoms with van der Waals surface area (Å²) in [5.74, 6) is 0. The Morgan fingerprint density at radius 2 is 1.53 bits per heavy atom. The Morgan fingerprint density at radius 1 is 1.00 bits per heavy atom. The maximum Gasteiger partial charge on any atom is 0.461 e. The van der Waals surface area contributed by atoms with Gasteiger partial charge in [0.1, 0.15) is 0 Å². The van der Waals surface area contributed by atoms with Crippen molar-refractivity contribution in [3.63, 3.8) is 0 Å². The van der Waals surface area contributed by atoms with E-state index in [1.807, 2.05) is 0 Å². The van der Waals surface area contributed by atoms with Crippen molar-refractivity contribution < 1.29 is 3.79 Å². The smallest absolute Gasteiger partial charge is 0.461 e. The summed E-state index contributed by atoms with van der Waals surface area (Å²) < 4.78 is 6.30. The summed E-state index contributed by atoms with van der Waals surface area (Å²) in [7, 11) is 4.26. The van der Waals surface area contributed by atoms with E-state index in [9.17, 15) is 0 Å². The summed E-state index contributed by atoms with van der Waals surface area (Å²) in [5, 5.41) is 2.67. The van der Waals surface area contributed by atoms with Gasteiger partial charge >= 0.3 is 14.5 Å². The van der Waals surface area contributed by atoms with Crippen LogP contribution in [0.25, 0.3) is 0 Å². The summed E-state index contributed by atoms with van der Waals surface area (Å²) >= 11 is -0.921. The molecule has 0 aromatic heterocycles. The van der Waals surface area contributed by atoms with Gasteiger partial charge in [-0.25, -0.2) is 0 Å². The molecule has 0 fully saturated rings. The first kappa shape index (κ1) is 15.5. The Kier molecular flexibility index (Phi) is 9.95. The van der Waals surface area contributed by atoms with Gasteiger partial charge in [-0.1, -0.05) is 50.6 Å². The molecule has 0 aromatic carbocycles. The van der Waals surface area contributed by atoms with Gasteiger partial charge in [-0.15, -0.1) is 0 Å². The second-order valence-electron chi connectivity index (χ2n) is 4.54. The van der Waals surface area contributed by atoms with E-state index in [4.69, 9.17) is 3.79 Å². The van der Waals surface area contributed by atoms with Gasteiger partial charge in [-0.3, -0.25) is 4.90 Å². The van der Waals surface area contributed by atoms with E-state index in [-0.39, 0.29) is 0 Å². The lowest BCUT2D eigenvalue weighted by atomic mass is 10.3. The average molecular weight is 229 g/mol. The second kappa shape index (κ2) is 9.66. The molecule has 0 radical (unpaired) electrons. The van der Waals surface area contributed by atoms with Crippen LogP contribution in [0.15, 0.2) is 0 Å². The zero-order valence-corrected chi connectivity index (χ0v) is 12.4. The fourth-order valence-corrected chi connectivity index (χ4v) is 4.51. The van der Waals surface area contributed by atoms with Crippen LogP contribution in [0.1, 0.15) is 46.5 Å². The molecule has 0 aromatic rings. The van der Waals surface area contributed by atoms with Crippen molar-refractivity contribution in [1.29, 1.82) is 0 Å². The Hall–Kier alpha value is 0.452. The molecule has 15 heavy (non-hydrogen) atoms. The first-order chi connectivity index (χ1) is 7.15. The van der Waals surface area contributed by atoms with Gasteiger partial charge in [0.25, 0.3) is 0 Å². The first-order valence-electron chi connectivity index (χ1n) is 6.47. The lowest BCUT2D eigenvalue weighted by molar-refractivity contribution is 0.0529. The number of hydrogen-bond acceptors (Lipinski definition) is 2. The third kappa shape index (κ3) is 7.36. The predicted molar refractivity (Wildman–Crippen MR) is 69.4 cm³/mol. The minimum Gasteiger partial charge on any atom is -0.487 e. The van der Waals surface area contributed by atoms with Crippen molar-refractivity contribution >= 4 is 14.5 Å². The van der Waals surface area contributed by atoms with E-state index in [0.717, 1.165) is 0 Å². The molecule has 0 rings (SSSR count). The molecule has 0 N–H and O–H groups in total. The molecule has 0 spiro atoms. The Balaban J connectivity index is 4.06. The third-order valence-electron chi connectivity index (χ3n) is 2.68. The van der Waals surface area contributed by atoms with Crippen LogP contribution in [0.3, 0.4) is 0 Å². The van der Waals surface area contributed by atoms with E-state index in [2.05, 4.69) is 39.8 Å². The first-order valence-corrected chi connectivity index (χ1v) is 8.57. The number of nitrogens with zero attached hydrogens (tertiary/aromatic N) is 1. The molecule has 0 heterocycles. The van der Waals surface area contributed by atoms with Gasteiger partial charge in [0.05, 0.1) is 6.23 Å². The normalized spacial score (nSPS) is 13.2. The topological polar surface area (TPSA) is 12.5 Å². The van der Waals surface area contributed by atoms with Gasteiger partial charge in [0.2, 0.25) is 0 Å². The van der Waals surface area contributed by atoms with Gasteiger partial charge < -0.3 is 3.79 Å². The zero-order valence-electron chi connectivity index (χ0n) is 11.3. The van der Waals surface area contributed by atoms with Crippen molar-refractivity contribution in [2.24, 2.45) is 0 Å². The summed E-state index contributed by atoms with van der Waals surface area (Å²) in [5.41, 5.74) is 0. The summed E-state index contributed by atoms with van der Waals surface area (Å²) in [6.45, 7) is 6.77. The number of rotatable bonds is 9. The highest BCUT2D eigenvalue weighted by atomic mass is 27.2. The van der Waals surface area contributed by atoms with Gasteiger partial charge in [-0.05, 0) is 20.5 Å². The zero-order chi connectivity index (χ0) is 11.7. The van der Waals surface area contributed by atoms with Crippen molar-refractivity contribution in [2.75, 3.05) is 14.1 Å². The molecule has 0 aliphatic rings. The van der Waals surface area contributed by atoms with Crippen LogP contribution in [0, 0.1) is 0 Å². The largest absolute Gasteiger partial charge is 0.487 e. The van der Waals surface area contributed by atoms with Gasteiger partial charge in [0, 0.05) is 0 Å². The molecule has 0 bridgehead atoms. The van der Waals surface area contributed by atoms with Gasteiger partial charge in [0.15, 0.2) is 0 Å². The quantitative estimate of drug-likeness (QED) is 0.443. The van der Waals surface area contributed by atoms with Crippen LogP contribution < -0.4 is 0 Å². The van der Waals surface area contributed by atoms with E-state index < -0.39 is 14.5 Å². The summed E-state index contributed by atoms with van der Waals surface area (Å²) in [6, 6.07) is 0. The standard InChI is InChI=1S/C6H14NO.2C3H7.Al/c1-4-5-6(8)7(2)3;2*1-3-2;/h6H,4-5H2,1-3H3;2*1,3H2,2H3;/q-1;;;+1. The molecular formula is C12H28AlNO. The van der Waals surface area contributed by atoms with Crippen LogP contribution in [-0.4, -0.2) is 39.7 Å². The van der Waals surface area contributed by atoms with E-state index >= 15 is 0 Å². The summed E-state index contributed by atoms with van der Waals surface area (Å²) in [6.07, 6.45) is 5.31. The highest BCUT2D eigenvalue weighted by molar-refractivity contribution is 6.51. The van der Waals surface area contributed by atoms with Crippen LogP contribution in [0.5, 0.6) is 0 Å². The SMILES string of the molecule is CCCC([O][Al]([CH2]CC)[CH2]CC)N(C)C. The fraction of sp³-hybridized carbons (Fsp3) is 1.00. The van der Waals surface area contributed by atoms with E-state index in [1.165, 1.54) is 36.2 Å². The monoisotopic (exact) mass is 229 g/mol. The molecule has 0 saturated heterocycles. The van der Waals surface area contributed by atoms with E-state index in [1.54, 1.807) is 0 Å². The van der Waals surface area contributed by atoms with Gasteiger partial charge in [-0.2, -0.15) is 0 Å². The maximum absolute atomic E-state index is 6.30. The van der Waals surface area contributed by atoms with Crippen LogP contribution in [0.2, 0.25) is 10.6 Å². The Labute approximate surface area is 101 Å². The molecule has 0 aliphatic heterocycles. The fourth-order valence-electron chi connectivity index (χ4n) is 1.84. The van der Waals surface area contributed by atoms with Crippen molar-refractivity contribution in [2.45, 2.75) is 63.2 Å². The average Bonchev–Trinajstić information content (AvgIpc) is 2.17. The van der Waals surface area contributed by atoms with Crippen molar-refractivity contribution in [3.05, 3.63) is 0 Å². The Morgan fingerprint density at radius 3 is 1.87 bits per heavy atom. The van der Waals surface area contributed by atoms with Crippen LogP contribution in [-0.2, 0) is 3.79 Å². The molecule has 1 atom stereocenters. The molecule has 1 unspecified atom stereocenters. The molecule has 0 aliphatic carbocycles. The van der Waals surface area contributed by atoms with Crippen molar-refractivity contribution in [1.82, 2.24) is 4.90 Å². The lowest BCUT2D eigenvalue weighted by Gasteiger charge is -2.28. The minimum atomic E-state index is -0.921. The maximum atomic E-state index is 6.30. The number of hydrogen-bond donors (Lipinski definition) is 0. The molecular weight excluding hydrogens is 201 g/mol. The highest BCUT2D eigenvalue weighted by Crippen LogP contribution is 2.14. The third-order valence-corrected chi connectivity index (χ3v) is 5.82. The Bertz CT molecular complexity index is 136. The molecule has 2 nitrogen and oxygen atoms in total. The van der Waals surface area contributed by atoms with Crippen LogP contribution >= 0.6 is 0 Å². The van der Waals surface area contributed by atoms with Crippen LogP contribution in [0.4, 0.5) is 0 Å². The molecule has 90 valence electrons. The second-order valence-corrected chi connectivity index (χ2v) is 7.21. The predicted octanol–water partition coefficient (Wildman–Crippen LogP) is 3.50. The lowest BCUT2D eigenvalue weighted by Crippen LogP contribution is -2.36. The molecule has 0 saturated carbocycles. The molecule has 3 heteroatoms. The summed E-state index contributed by atoms with van der Waals surface area (Å²) in [4.78, 5) is 2.23. The highest BCUT2D eigenvalue weighted by Gasteiger charge is 2.23. The molecule has 0 amide bonds.